The zero-order chi connectivity index (χ0) is 16.4. The van der Waals surface area contributed by atoms with Crippen molar-refractivity contribution >= 4 is 24.0 Å². The Bertz CT molecular complexity index is 519. The molecular weight excluding hydrogens is 266 g/mol. The minimum atomic E-state index is -0.606. The standard InChI is InChI=1S/C12H13N3O2.C4H10/c1-3-8-5-6-10(15-9(8)4-2)12(17)14-7-11(13)16;1-4(2)3/h3-6H,1-2,7H2,(H2,13,16)(H,14,17);4H,1-3H3. The predicted molar refractivity (Wildman–Crippen MR) is 86.5 cm³/mol. The molecule has 0 aliphatic heterocycles. The molecule has 0 saturated carbocycles. The Kier molecular flexibility index (Phi) is 8.37. The van der Waals surface area contributed by atoms with Crippen molar-refractivity contribution in [3.05, 3.63) is 42.2 Å². The van der Waals surface area contributed by atoms with Gasteiger partial charge in [-0.15, -0.1) is 0 Å². The number of pyridine rings is 1. The summed E-state index contributed by atoms with van der Waals surface area (Å²) in [5.41, 5.74) is 6.46. The monoisotopic (exact) mass is 289 g/mol. The number of carbonyl (C=O) groups is 2. The van der Waals surface area contributed by atoms with Crippen LogP contribution in [-0.4, -0.2) is 23.3 Å². The van der Waals surface area contributed by atoms with Crippen LogP contribution in [0.15, 0.2) is 25.3 Å². The summed E-state index contributed by atoms with van der Waals surface area (Å²) < 4.78 is 0. The number of aromatic nitrogens is 1. The van der Waals surface area contributed by atoms with Gasteiger partial charge in [0.25, 0.3) is 5.91 Å². The summed E-state index contributed by atoms with van der Waals surface area (Å²) in [5.74, 6) is -0.229. The fraction of sp³-hybridized carbons (Fsp3) is 0.312. The smallest absolute Gasteiger partial charge is 0.270 e. The highest BCUT2D eigenvalue weighted by Gasteiger charge is 2.09. The Hall–Kier alpha value is -2.43. The van der Waals surface area contributed by atoms with Gasteiger partial charge in [0, 0.05) is 0 Å². The van der Waals surface area contributed by atoms with E-state index in [0.717, 1.165) is 11.5 Å². The van der Waals surface area contributed by atoms with E-state index in [1.54, 1.807) is 18.2 Å². The molecule has 0 spiro atoms. The zero-order valence-corrected chi connectivity index (χ0v) is 12.8. The second-order valence-electron chi connectivity index (χ2n) is 4.96. The van der Waals surface area contributed by atoms with Gasteiger partial charge in [-0.05, 0) is 23.6 Å². The Morgan fingerprint density at radius 3 is 2.29 bits per heavy atom. The molecule has 5 heteroatoms. The molecule has 0 bridgehead atoms. The molecule has 2 amide bonds. The van der Waals surface area contributed by atoms with E-state index in [1.807, 2.05) is 0 Å². The van der Waals surface area contributed by atoms with Crippen molar-refractivity contribution in [1.29, 1.82) is 0 Å². The Labute approximate surface area is 126 Å². The van der Waals surface area contributed by atoms with Crippen LogP contribution in [-0.2, 0) is 4.79 Å². The third kappa shape index (κ3) is 7.67. The van der Waals surface area contributed by atoms with E-state index in [2.05, 4.69) is 44.2 Å². The predicted octanol–water partition coefficient (Wildman–Crippen LogP) is 2.25. The van der Waals surface area contributed by atoms with Gasteiger partial charge in [-0.1, -0.05) is 46.1 Å². The van der Waals surface area contributed by atoms with Crippen molar-refractivity contribution in [2.45, 2.75) is 20.8 Å². The van der Waals surface area contributed by atoms with Crippen molar-refractivity contribution in [1.82, 2.24) is 10.3 Å². The van der Waals surface area contributed by atoms with Crippen LogP contribution >= 0.6 is 0 Å². The second-order valence-corrected chi connectivity index (χ2v) is 4.96. The lowest BCUT2D eigenvalue weighted by molar-refractivity contribution is -0.117. The molecule has 21 heavy (non-hydrogen) atoms. The molecule has 0 aromatic carbocycles. The summed E-state index contributed by atoms with van der Waals surface area (Å²) in [6.07, 6.45) is 3.15. The molecule has 0 fully saturated rings. The van der Waals surface area contributed by atoms with E-state index in [0.29, 0.717) is 5.69 Å². The molecule has 5 nitrogen and oxygen atoms in total. The van der Waals surface area contributed by atoms with Gasteiger partial charge in [0.1, 0.15) is 5.69 Å². The summed E-state index contributed by atoms with van der Waals surface area (Å²) in [6, 6.07) is 3.25. The minimum absolute atomic E-state index is 0.201. The number of amides is 2. The highest BCUT2D eigenvalue weighted by Crippen LogP contribution is 2.10. The van der Waals surface area contributed by atoms with Gasteiger partial charge < -0.3 is 11.1 Å². The maximum absolute atomic E-state index is 11.6. The van der Waals surface area contributed by atoms with E-state index < -0.39 is 11.8 Å². The van der Waals surface area contributed by atoms with Gasteiger partial charge in [-0.2, -0.15) is 0 Å². The maximum Gasteiger partial charge on any atom is 0.270 e. The SMILES string of the molecule is C=Cc1ccc(C(=O)NCC(N)=O)nc1C=C.CC(C)C. The number of hydrogen-bond donors (Lipinski definition) is 2. The van der Waals surface area contributed by atoms with Crippen LogP contribution in [0.3, 0.4) is 0 Å². The molecule has 0 unspecified atom stereocenters. The first-order chi connectivity index (χ1) is 9.81. The number of hydrogen-bond acceptors (Lipinski definition) is 3. The summed E-state index contributed by atoms with van der Waals surface area (Å²) in [4.78, 5) is 26.2. The van der Waals surface area contributed by atoms with E-state index in [4.69, 9.17) is 5.73 Å². The third-order valence-corrected chi connectivity index (χ3v) is 2.03. The lowest BCUT2D eigenvalue weighted by Crippen LogP contribution is -2.33. The van der Waals surface area contributed by atoms with E-state index in [1.165, 1.54) is 6.08 Å². The Morgan fingerprint density at radius 2 is 1.86 bits per heavy atom. The fourth-order valence-electron chi connectivity index (χ4n) is 1.21. The normalized spacial score (nSPS) is 9.33. The van der Waals surface area contributed by atoms with Crippen LogP contribution in [0, 0.1) is 5.92 Å². The molecule has 1 rings (SSSR count). The van der Waals surface area contributed by atoms with Crippen LogP contribution in [0.2, 0.25) is 0 Å². The highest BCUT2D eigenvalue weighted by molar-refractivity contribution is 5.95. The lowest BCUT2D eigenvalue weighted by Gasteiger charge is -2.05. The van der Waals surface area contributed by atoms with Gasteiger partial charge in [0.2, 0.25) is 5.91 Å². The number of carbonyl (C=O) groups excluding carboxylic acids is 2. The molecule has 1 aromatic rings. The average molecular weight is 289 g/mol. The molecule has 1 heterocycles. The van der Waals surface area contributed by atoms with Crippen LogP contribution < -0.4 is 11.1 Å². The van der Waals surface area contributed by atoms with Crippen molar-refractivity contribution in [3.63, 3.8) is 0 Å². The maximum atomic E-state index is 11.6. The number of nitrogens with one attached hydrogen (secondary N) is 1. The highest BCUT2D eigenvalue weighted by atomic mass is 16.2. The van der Waals surface area contributed by atoms with E-state index in [9.17, 15) is 9.59 Å². The second kappa shape index (κ2) is 9.47. The van der Waals surface area contributed by atoms with Gasteiger partial charge in [0.05, 0.1) is 12.2 Å². The number of rotatable bonds is 5. The van der Waals surface area contributed by atoms with Crippen molar-refractivity contribution in [3.8, 4) is 0 Å². The zero-order valence-electron chi connectivity index (χ0n) is 12.8. The molecule has 3 N–H and O–H groups in total. The van der Waals surface area contributed by atoms with Gasteiger partial charge in [-0.3, -0.25) is 9.59 Å². The Morgan fingerprint density at radius 1 is 1.29 bits per heavy atom. The molecule has 0 saturated heterocycles. The van der Waals surface area contributed by atoms with E-state index >= 15 is 0 Å². The van der Waals surface area contributed by atoms with E-state index in [-0.39, 0.29) is 12.2 Å². The largest absolute Gasteiger partial charge is 0.368 e. The first-order valence-corrected chi connectivity index (χ1v) is 6.64. The number of primary amides is 1. The van der Waals surface area contributed by atoms with Gasteiger partial charge >= 0.3 is 0 Å². The number of nitrogens with two attached hydrogens (primary N) is 1. The molecule has 0 aliphatic rings. The van der Waals surface area contributed by atoms with Gasteiger partial charge in [0.15, 0.2) is 0 Å². The lowest BCUT2D eigenvalue weighted by atomic mass is 10.1. The molecular formula is C16H23N3O2. The third-order valence-electron chi connectivity index (χ3n) is 2.03. The van der Waals surface area contributed by atoms with Crippen LogP contribution in [0.5, 0.6) is 0 Å². The summed E-state index contributed by atoms with van der Waals surface area (Å²) in [5, 5.41) is 2.35. The van der Waals surface area contributed by atoms with Gasteiger partial charge in [-0.25, -0.2) is 4.98 Å². The van der Waals surface area contributed by atoms with Crippen LogP contribution in [0.4, 0.5) is 0 Å². The fourth-order valence-corrected chi connectivity index (χ4v) is 1.21. The minimum Gasteiger partial charge on any atom is -0.368 e. The quantitative estimate of drug-likeness (QED) is 0.871. The van der Waals surface area contributed by atoms with Crippen molar-refractivity contribution in [2.75, 3.05) is 6.54 Å². The topological polar surface area (TPSA) is 85.1 Å². The van der Waals surface area contributed by atoms with Crippen LogP contribution in [0.1, 0.15) is 42.5 Å². The first kappa shape index (κ1) is 18.6. The molecule has 0 radical (unpaired) electrons. The first-order valence-electron chi connectivity index (χ1n) is 6.64. The van der Waals surface area contributed by atoms with Crippen LogP contribution in [0.25, 0.3) is 12.2 Å². The molecule has 0 aliphatic carbocycles. The molecule has 1 aromatic heterocycles. The van der Waals surface area contributed by atoms with Crippen molar-refractivity contribution in [2.24, 2.45) is 11.7 Å². The summed E-state index contributed by atoms with van der Waals surface area (Å²) in [6.45, 7) is 13.5. The van der Waals surface area contributed by atoms with Crippen molar-refractivity contribution < 1.29 is 9.59 Å². The average Bonchev–Trinajstić information content (AvgIpc) is 2.43. The molecule has 0 atom stereocenters. The summed E-state index contributed by atoms with van der Waals surface area (Å²) >= 11 is 0. The Balaban J connectivity index is 0.000000885. The summed E-state index contributed by atoms with van der Waals surface area (Å²) in [7, 11) is 0. The number of nitrogens with zero attached hydrogens (tertiary/aromatic N) is 1. The molecule has 114 valence electrons.